The highest BCUT2D eigenvalue weighted by Gasteiger charge is 2.23. The Morgan fingerprint density at radius 3 is 2.83 bits per heavy atom. The first-order valence-electron chi connectivity index (χ1n) is 4.91. The summed E-state index contributed by atoms with van der Waals surface area (Å²) in [5.41, 5.74) is 0. The van der Waals surface area contributed by atoms with Gasteiger partial charge in [-0.2, -0.15) is 0 Å². The van der Waals surface area contributed by atoms with Gasteiger partial charge in [0.15, 0.2) is 0 Å². The van der Waals surface area contributed by atoms with Crippen molar-refractivity contribution in [2.75, 3.05) is 33.9 Å². The molecule has 1 fully saturated rings. The molecule has 1 heterocycles. The second kappa shape index (κ2) is 4.83. The second-order valence-electron chi connectivity index (χ2n) is 4.07. The number of nitrogens with zero attached hydrogens (tertiary/aromatic N) is 1. The van der Waals surface area contributed by atoms with E-state index in [2.05, 4.69) is 18.9 Å². The fraction of sp³-hybridized carbons (Fsp3) is 1.00. The summed E-state index contributed by atoms with van der Waals surface area (Å²) in [6, 6.07) is 0. The molecule has 0 saturated carbocycles. The van der Waals surface area contributed by atoms with Crippen LogP contribution in [0.15, 0.2) is 0 Å². The molecule has 0 bridgehead atoms. The Hall–Kier alpha value is -0.0800. The number of hydrogen-bond acceptors (Lipinski definition) is 2. The van der Waals surface area contributed by atoms with Crippen LogP contribution in [0.4, 0.5) is 0 Å². The van der Waals surface area contributed by atoms with Gasteiger partial charge in [0.05, 0.1) is 0 Å². The lowest BCUT2D eigenvalue weighted by Crippen LogP contribution is -2.37. The fourth-order valence-corrected chi connectivity index (χ4v) is 2.10. The van der Waals surface area contributed by atoms with Crippen molar-refractivity contribution in [3.05, 3.63) is 0 Å². The molecule has 0 radical (unpaired) electrons. The molecule has 0 aromatic carbocycles. The number of likely N-dealkylation sites (tertiary alicyclic amines) is 1. The average molecular weight is 171 g/mol. The van der Waals surface area contributed by atoms with E-state index in [1.54, 1.807) is 7.11 Å². The maximum absolute atomic E-state index is 5.11. The molecule has 0 aliphatic carbocycles. The van der Waals surface area contributed by atoms with Crippen LogP contribution in [0, 0.1) is 11.8 Å². The van der Waals surface area contributed by atoms with E-state index in [1.807, 2.05) is 0 Å². The maximum Gasteiger partial charge on any atom is 0.0465 e. The third kappa shape index (κ3) is 2.76. The lowest BCUT2D eigenvalue weighted by Gasteiger charge is -2.34. The van der Waals surface area contributed by atoms with Crippen LogP contribution in [0.25, 0.3) is 0 Å². The molecule has 1 saturated heterocycles. The summed E-state index contributed by atoms with van der Waals surface area (Å²) >= 11 is 0. The molecule has 2 heteroatoms. The van der Waals surface area contributed by atoms with Gasteiger partial charge >= 0.3 is 0 Å². The number of ether oxygens (including phenoxy) is 1. The fourth-order valence-electron chi connectivity index (χ4n) is 2.10. The van der Waals surface area contributed by atoms with Gasteiger partial charge in [-0.1, -0.05) is 6.92 Å². The third-order valence-electron chi connectivity index (χ3n) is 2.98. The molecule has 0 spiro atoms. The smallest absolute Gasteiger partial charge is 0.0465 e. The van der Waals surface area contributed by atoms with E-state index in [9.17, 15) is 0 Å². The van der Waals surface area contributed by atoms with Gasteiger partial charge in [-0.25, -0.2) is 0 Å². The minimum absolute atomic E-state index is 0.846. The molecular formula is C10H21NO. The van der Waals surface area contributed by atoms with Crippen molar-refractivity contribution in [3.8, 4) is 0 Å². The Morgan fingerprint density at radius 2 is 2.25 bits per heavy atom. The number of piperidine rings is 1. The quantitative estimate of drug-likeness (QED) is 0.639. The standard InChI is InChI=1S/C10H21NO/c1-9-8-11(2)6-4-10(9)5-7-12-3/h9-10H,4-8H2,1-3H3. The molecule has 0 aromatic rings. The SMILES string of the molecule is COCCC1CCN(C)CC1C. The van der Waals surface area contributed by atoms with Gasteiger partial charge in [-0.3, -0.25) is 0 Å². The van der Waals surface area contributed by atoms with Crippen LogP contribution in [0.3, 0.4) is 0 Å². The molecule has 0 aromatic heterocycles. The van der Waals surface area contributed by atoms with E-state index in [0.717, 1.165) is 18.4 Å². The van der Waals surface area contributed by atoms with Crippen molar-refractivity contribution in [3.63, 3.8) is 0 Å². The molecule has 0 N–H and O–H groups in total. The van der Waals surface area contributed by atoms with Crippen LogP contribution in [0.1, 0.15) is 19.8 Å². The molecule has 2 unspecified atom stereocenters. The van der Waals surface area contributed by atoms with Gasteiger partial charge in [-0.15, -0.1) is 0 Å². The van der Waals surface area contributed by atoms with Gasteiger partial charge in [0.2, 0.25) is 0 Å². The summed E-state index contributed by atoms with van der Waals surface area (Å²) in [6.07, 6.45) is 2.59. The zero-order valence-corrected chi connectivity index (χ0v) is 8.55. The highest BCUT2D eigenvalue weighted by atomic mass is 16.5. The van der Waals surface area contributed by atoms with Gasteiger partial charge in [-0.05, 0) is 38.3 Å². The zero-order valence-electron chi connectivity index (χ0n) is 8.55. The molecule has 72 valence electrons. The lowest BCUT2D eigenvalue weighted by molar-refractivity contribution is 0.110. The van der Waals surface area contributed by atoms with Crippen LogP contribution in [0.2, 0.25) is 0 Å². The highest BCUT2D eigenvalue weighted by molar-refractivity contribution is 4.75. The molecule has 2 atom stereocenters. The molecule has 1 rings (SSSR count). The van der Waals surface area contributed by atoms with Crippen molar-refractivity contribution < 1.29 is 4.74 Å². The van der Waals surface area contributed by atoms with Crippen molar-refractivity contribution in [1.82, 2.24) is 4.90 Å². The first-order chi connectivity index (χ1) is 5.74. The lowest BCUT2D eigenvalue weighted by atomic mass is 9.85. The van der Waals surface area contributed by atoms with E-state index in [0.29, 0.717) is 0 Å². The predicted octanol–water partition coefficient (Wildman–Crippen LogP) is 1.61. The molecular weight excluding hydrogens is 150 g/mol. The summed E-state index contributed by atoms with van der Waals surface area (Å²) in [6.45, 7) is 5.81. The van der Waals surface area contributed by atoms with Crippen LogP contribution in [0.5, 0.6) is 0 Å². The Balaban J connectivity index is 2.25. The summed E-state index contributed by atoms with van der Waals surface area (Å²) in [5, 5.41) is 0. The Kier molecular flexibility index (Phi) is 4.02. The topological polar surface area (TPSA) is 12.5 Å². The Labute approximate surface area is 75.9 Å². The van der Waals surface area contributed by atoms with Crippen LogP contribution in [-0.4, -0.2) is 38.8 Å². The first kappa shape index (κ1) is 10.0. The van der Waals surface area contributed by atoms with Gasteiger partial charge in [0, 0.05) is 20.3 Å². The molecule has 0 amide bonds. The number of methoxy groups -OCH3 is 1. The van der Waals surface area contributed by atoms with Gasteiger partial charge in [0.25, 0.3) is 0 Å². The van der Waals surface area contributed by atoms with Crippen molar-refractivity contribution >= 4 is 0 Å². The highest BCUT2D eigenvalue weighted by Crippen LogP contribution is 2.24. The first-order valence-corrected chi connectivity index (χ1v) is 4.91. The monoisotopic (exact) mass is 171 g/mol. The second-order valence-corrected chi connectivity index (χ2v) is 4.07. The molecule has 2 nitrogen and oxygen atoms in total. The number of hydrogen-bond donors (Lipinski definition) is 0. The van der Waals surface area contributed by atoms with E-state index in [4.69, 9.17) is 4.74 Å². The largest absolute Gasteiger partial charge is 0.385 e. The molecule has 1 aliphatic heterocycles. The molecule has 12 heavy (non-hydrogen) atoms. The van der Waals surface area contributed by atoms with Gasteiger partial charge < -0.3 is 9.64 Å². The normalized spacial score (nSPS) is 32.2. The summed E-state index contributed by atoms with van der Waals surface area (Å²) in [4.78, 5) is 2.42. The van der Waals surface area contributed by atoms with E-state index in [1.165, 1.54) is 25.9 Å². The van der Waals surface area contributed by atoms with E-state index < -0.39 is 0 Å². The van der Waals surface area contributed by atoms with Crippen molar-refractivity contribution in [2.45, 2.75) is 19.8 Å². The minimum Gasteiger partial charge on any atom is -0.385 e. The zero-order chi connectivity index (χ0) is 8.97. The van der Waals surface area contributed by atoms with E-state index in [-0.39, 0.29) is 0 Å². The summed E-state index contributed by atoms with van der Waals surface area (Å²) in [7, 11) is 4.00. The third-order valence-corrected chi connectivity index (χ3v) is 2.98. The average Bonchev–Trinajstić information content (AvgIpc) is 2.03. The maximum atomic E-state index is 5.11. The predicted molar refractivity (Wildman–Crippen MR) is 51.3 cm³/mol. The Morgan fingerprint density at radius 1 is 1.50 bits per heavy atom. The molecule has 1 aliphatic rings. The van der Waals surface area contributed by atoms with Crippen LogP contribution >= 0.6 is 0 Å². The van der Waals surface area contributed by atoms with Crippen LogP contribution < -0.4 is 0 Å². The summed E-state index contributed by atoms with van der Waals surface area (Å²) in [5.74, 6) is 1.74. The minimum atomic E-state index is 0.846. The van der Waals surface area contributed by atoms with Crippen molar-refractivity contribution in [2.24, 2.45) is 11.8 Å². The van der Waals surface area contributed by atoms with Gasteiger partial charge in [0.1, 0.15) is 0 Å². The van der Waals surface area contributed by atoms with Crippen molar-refractivity contribution in [1.29, 1.82) is 0 Å². The van der Waals surface area contributed by atoms with Crippen LogP contribution in [-0.2, 0) is 4.74 Å². The summed E-state index contributed by atoms with van der Waals surface area (Å²) < 4.78 is 5.11. The van der Waals surface area contributed by atoms with E-state index >= 15 is 0 Å². The Bertz CT molecular complexity index is 125. The number of rotatable bonds is 3.